The maximum absolute atomic E-state index is 5.77. The molecule has 1 aromatic rings. The van der Waals surface area contributed by atoms with Crippen LogP contribution in [0.15, 0.2) is 0 Å². The molecule has 0 aliphatic carbocycles. The third-order valence-corrected chi connectivity index (χ3v) is 2.31. The number of nitrogen functional groups attached to an aromatic ring is 2. The Bertz CT molecular complexity index is 336. The Kier molecular flexibility index (Phi) is 1.81. The monoisotopic (exact) mass is 179 g/mol. The van der Waals surface area contributed by atoms with Crippen LogP contribution in [0.25, 0.3) is 0 Å². The van der Waals surface area contributed by atoms with Crippen molar-refractivity contribution in [2.45, 2.75) is 19.4 Å². The fraction of sp³-hybridized carbons (Fsp3) is 0.500. The molecule has 0 aromatic carbocycles. The van der Waals surface area contributed by atoms with Gasteiger partial charge in [-0.2, -0.15) is 4.98 Å². The van der Waals surface area contributed by atoms with Crippen LogP contribution < -0.4 is 16.8 Å². The zero-order chi connectivity index (χ0) is 9.42. The van der Waals surface area contributed by atoms with Crippen LogP contribution in [0.4, 0.5) is 11.8 Å². The molecule has 1 aliphatic rings. The predicted molar refractivity (Wildman–Crippen MR) is 51.0 cm³/mol. The molecule has 1 aromatic heterocycles. The maximum atomic E-state index is 5.77. The summed E-state index contributed by atoms with van der Waals surface area (Å²) in [6, 6.07) is 0. The summed E-state index contributed by atoms with van der Waals surface area (Å²) < 4.78 is 0. The highest BCUT2D eigenvalue weighted by molar-refractivity contribution is 5.48. The fourth-order valence-corrected chi connectivity index (χ4v) is 1.74. The molecule has 0 radical (unpaired) electrons. The number of fused-ring (bicyclic) bond motifs is 1. The molecule has 0 saturated heterocycles. The van der Waals surface area contributed by atoms with E-state index in [1.165, 1.54) is 0 Å². The molecular formula is C8H13N5. The van der Waals surface area contributed by atoms with Crippen molar-refractivity contribution in [2.24, 2.45) is 0 Å². The number of nitrogens with zero attached hydrogens (tertiary/aromatic N) is 2. The highest BCUT2D eigenvalue weighted by atomic mass is 15.1. The Labute approximate surface area is 76.6 Å². The average Bonchev–Trinajstić information content (AvgIpc) is 2.02. The van der Waals surface area contributed by atoms with Crippen molar-refractivity contribution in [1.82, 2.24) is 15.3 Å². The summed E-state index contributed by atoms with van der Waals surface area (Å²) in [7, 11) is 0. The standard InChI is InChI=1S/C8H13N5/c1-4-2-11-3-5-6(4)7(9)13-8(10)12-5/h4,11H,2-3H2,1H3,(H4,9,10,12,13). The van der Waals surface area contributed by atoms with E-state index in [2.05, 4.69) is 22.2 Å². The summed E-state index contributed by atoms with van der Waals surface area (Å²) in [4.78, 5) is 8.10. The number of hydrogen-bond acceptors (Lipinski definition) is 5. The second kappa shape index (κ2) is 2.85. The average molecular weight is 179 g/mol. The van der Waals surface area contributed by atoms with Gasteiger partial charge >= 0.3 is 0 Å². The Hall–Kier alpha value is -1.36. The molecule has 1 aliphatic heterocycles. The van der Waals surface area contributed by atoms with Crippen molar-refractivity contribution >= 4 is 11.8 Å². The summed E-state index contributed by atoms with van der Waals surface area (Å²) in [5, 5.41) is 3.24. The van der Waals surface area contributed by atoms with Crippen molar-refractivity contribution in [3.05, 3.63) is 11.3 Å². The van der Waals surface area contributed by atoms with Gasteiger partial charge in [-0.1, -0.05) is 6.92 Å². The fourth-order valence-electron chi connectivity index (χ4n) is 1.74. The van der Waals surface area contributed by atoms with Gasteiger partial charge in [0, 0.05) is 18.7 Å². The van der Waals surface area contributed by atoms with E-state index in [1.54, 1.807) is 0 Å². The van der Waals surface area contributed by atoms with E-state index in [9.17, 15) is 0 Å². The van der Waals surface area contributed by atoms with Gasteiger partial charge in [0.1, 0.15) is 5.82 Å². The summed E-state index contributed by atoms with van der Waals surface area (Å²) in [6.45, 7) is 3.75. The van der Waals surface area contributed by atoms with Gasteiger partial charge in [0.2, 0.25) is 5.95 Å². The number of rotatable bonds is 0. The second-order valence-corrected chi connectivity index (χ2v) is 3.36. The molecule has 0 amide bonds. The molecule has 5 N–H and O–H groups in total. The number of aromatic nitrogens is 2. The number of nitrogens with two attached hydrogens (primary N) is 2. The second-order valence-electron chi connectivity index (χ2n) is 3.36. The Morgan fingerprint density at radius 3 is 2.92 bits per heavy atom. The van der Waals surface area contributed by atoms with Gasteiger partial charge in [0.25, 0.3) is 0 Å². The Morgan fingerprint density at radius 1 is 1.38 bits per heavy atom. The van der Waals surface area contributed by atoms with Crippen LogP contribution >= 0.6 is 0 Å². The maximum Gasteiger partial charge on any atom is 0.222 e. The topological polar surface area (TPSA) is 89.8 Å². The molecule has 0 fully saturated rings. The molecule has 2 heterocycles. The molecule has 1 unspecified atom stereocenters. The Balaban J connectivity index is 2.56. The summed E-state index contributed by atoms with van der Waals surface area (Å²) >= 11 is 0. The van der Waals surface area contributed by atoms with E-state index in [0.717, 1.165) is 24.3 Å². The van der Waals surface area contributed by atoms with Gasteiger partial charge in [0.15, 0.2) is 0 Å². The Morgan fingerprint density at radius 2 is 2.15 bits per heavy atom. The summed E-state index contributed by atoms with van der Waals surface area (Å²) in [5.74, 6) is 1.15. The first kappa shape index (κ1) is 8.25. The molecule has 1 atom stereocenters. The van der Waals surface area contributed by atoms with E-state index in [0.29, 0.717) is 11.7 Å². The van der Waals surface area contributed by atoms with Gasteiger partial charge in [-0.05, 0) is 5.92 Å². The molecular weight excluding hydrogens is 166 g/mol. The minimum atomic E-state index is 0.257. The molecule has 0 spiro atoms. The van der Waals surface area contributed by atoms with Gasteiger partial charge in [0.05, 0.1) is 5.69 Å². The number of nitrogens with one attached hydrogen (secondary N) is 1. The van der Waals surface area contributed by atoms with Crippen LogP contribution in [-0.4, -0.2) is 16.5 Å². The molecule has 5 heteroatoms. The molecule has 5 nitrogen and oxygen atoms in total. The van der Waals surface area contributed by atoms with Crippen LogP contribution in [0.3, 0.4) is 0 Å². The normalized spacial score (nSPS) is 21.2. The van der Waals surface area contributed by atoms with Crippen LogP contribution in [-0.2, 0) is 6.54 Å². The predicted octanol–water partition coefficient (Wildman–Crippen LogP) is -0.152. The van der Waals surface area contributed by atoms with E-state index in [-0.39, 0.29) is 5.95 Å². The quantitative estimate of drug-likeness (QED) is 0.515. The summed E-state index contributed by atoms with van der Waals surface area (Å²) in [5.41, 5.74) is 13.3. The van der Waals surface area contributed by atoms with Gasteiger partial charge in [-0.15, -0.1) is 0 Å². The highest BCUT2D eigenvalue weighted by Crippen LogP contribution is 2.26. The van der Waals surface area contributed by atoms with Crippen molar-refractivity contribution in [3.63, 3.8) is 0 Å². The zero-order valence-electron chi connectivity index (χ0n) is 7.54. The van der Waals surface area contributed by atoms with E-state index in [1.807, 2.05) is 0 Å². The number of anilines is 2. The first-order chi connectivity index (χ1) is 6.18. The first-order valence-electron chi connectivity index (χ1n) is 4.31. The minimum Gasteiger partial charge on any atom is -0.383 e. The van der Waals surface area contributed by atoms with Gasteiger partial charge in [-0.3, -0.25) is 0 Å². The molecule has 13 heavy (non-hydrogen) atoms. The third-order valence-electron chi connectivity index (χ3n) is 2.31. The van der Waals surface area contributed by atoms with Gasteiger partial charge < -0.3 is 16.8 Å². The lowest BCUT2D eigenvalue weighted by molar-refractivity contribution is 0.558. The van der Waals surface area contributed by atoms with Crippen molar-refractivity contribution in [2.75, 3.05) is 18.0 Å². The van der Waals surface area contributed by atoms with Gasteiger partial charge in [-0.25, -0.2) is 4.98 Å². The van der Waals surface area contributed by atoms with Crippen LogP contribution in [0, 0.1) is 0 Å². The number of hydrogen-bond donors (Lipinski definition) is 3. The first-order valence-corrected chi connectivity index (χ1v) is 4.31. The highest BCUT2D eigenvalue weighted by Gasteiger charge is 2.21. The van der Waals surface area contributed by atoms with Crippen molar-refractivity contribution in [1.29, 1.82) is 0 Å². The molecule has 2 rings (SSSR count). The van der Waals surface area contributed by atoms with Crippen molar-refractivity contribution in [3.8, 4) is 0 Å². The van der Waals surface area contributed by atoms with E-state index in [4.69, 9.17) is 11.5 Å². The smallest absolute Gasteiger partial charge is 0.222 e. The van der Waals surface area contributed by atoms with E-state index < -0.39 is 0 Å². The lowest BCUT2D eigenvalue weighted by atomic mass is 9.96. The lowest BCUT2D eigenvalue weighted by Gasteiger charge is -2.23. The third kappa shape index (κ3) is 1.31. The largest absolute Gasteiger partial charge is 0.383 e. The molecule has 0 saturated carbocycles. The van der Waals surface area contributed by atoms with Crippen LogP contribution in [0.5, 0.6) is 0 Å². The zero-order valence-corrected chi connectivity index (χ0v) is 7.54. The minimum absolute atomic E-state index is 0.257. The van der Waals surface area contributed by atoms with E-state index >= 15 is 0 Å². The summed E-state index contributed by atoms with van der Waals surface area (Å²) in [6.07, 6.45) is 0. The lowest BCUT2D eigenvalue weighted by Crippen LogP contribution is -2.29. The van der Waals surface area contributed by atoms with Crippen LogP contribution in [0.2, 0.25) is 0 Å². The molecule has 70 valence electrons. The molecule has 0 bridgehead atoms. The SMILES string of the molecule is CC1CNCc2nc(N)nc(N)c21. The van der Waals surface area contributed by atoms with Crippen LogP contribution in [0.1, 0.15) is 24.1 Å². The van der Waals surface area contributed by atoms with Crippen molar-refractivity contribution < 1.29 is 0 Å².